The summed E-state index contributed by atoms with van der Waals surface area (Å²) in [6.07, 6.45) is 0.922. The van der Waals surface area contributed by atoms with Crippen molar-refractivity contribution in [2.75, 3.05) is 26.9 Å². The van der Waals surface area contributed by atoms with Crippen LogP contribution in [0.25, 0.3) is 0 Å². The maximum atomic E-state index is 5.53. The quantitative estimate of drug-likeness (QED) is 0.606. The maximum Gasteiger partial charge on any atom is 0.0821 e. The van der Waals surface area contributed by atoms with E-state index in [4.69, 9.17) is 15.2 Å². The van der Waals surface area contributed by atoms with Gasteiger partial charge < -0.3 is 15.2 Å². The van der Waals surface area contributed by atoms with Gasteiger partial charge in [0, 0.05) is 30.8 Å². The van der Waals surface area contributed by atoms with E-state index in [9.17, 15) is 0 Å². The first kappa shape index (κ1) is 13.2. The lowest BCUT2D eigenvalue weighted by Gasteiger charge is -2.02. The minimum Gasteiger partial charge on any atom is -0.385 e. The van der Waals surface area contributed by atoms with Crippen LogP contribution in [-0.4, -0.2) is 26.9 Å². The summed E-state index contributed by atoms with van der Waals surface area (Å²) in [6.45, 7) is 2.47. The molecule has 0 fully saturated rings. The summed E-state index contributed by atoms with van der Waals surface area (Å²) in [4.78, 5) is 1.17. The van der Waals surface area contributed by atoms with Crippen molar-refractivity contribution in [1.29, 1.82) is 0 Å². The number of hydrogen-bond donors (Lipinski definition) is 1. The molecule has 0 aromatic carbocycles. The molecular weight excluding hydrogens is 222 g/mol. The lowest BCUT2D eigenvalue weighted by atomic mass is 10.2. The summed E-state index contributed by atoms with van der Waals surface area (Å²) >= 11 is 1.66. The van der Waals surface area contributed by atoms with E-state index in [1.54, 1.807) is 18.4 Å². The van der Waals surface area contributed by atoms with Crippen molar-refractivity contribution in [3.8, 4) is 11.8 Å². The van der Waals surface area contributed by atoms with Crippen LogP contribution >= 0.6 is 11.3 Å². The van der Waals surface area contributed by atoms with Crippen molar-refractivity contribution in [2.45, 2.75) is 13.0 Å². The predicted octanol–water partition coefficient (Wildman–Crippen LogP) is 1.61. The molecule has 0 atom stereocenters. The van der Waals surface area contributed by atoms with Crippen LogP contribution in [0.3, 0.4) is 0 Å². The van der Waals surface area contributed by atoms with E-state index >= 15 is 0 Å². The molecule has 1 aromatic heterocycles. The Morgan fingerprint density at radius 3 is 3.06 bits per heavy atom. The van der Waals surface area contributed by atoms with E-state index in [1.165, 1.54) is 4.88 Å². The summed E-state index contributed by atoms with van der Waals surface area (Å²) in [7, 11) is 1.69. The molecule has 16 heavy (non-hydrogen) atoms. The first-order valence-corrected chi connectivity index (χ1v) is 6.08. The number of methoxy groups -OCH3 is 1. The Balaban J connectivity index is 2.33. The molecule has 0 radical (unpaired) electrons. The smallest absolute Gasteiger partial charge is 0.0821 e. The normalized spacial score (nSPS) is 9.88. The molecule has 2 N–H and O–H groups in total. The molecule has 1 heterocycles. The Kier molecular flexibility index (Phi) is 6.86. The predicted molar refractivity (Wildman–Crippen MR) is 66.4 cm³/mol. The molecule has 0 saturated carbocycles. The SMILES string of the molecule is COCCCOCc1sccc1C#CCN. The van der Waals surface area contributed by atoms with Crippen molar-refractivity contribution in [3.05, 3.63) is 21.9 Å². The van der Waals surface area contributed by atoms with Gasteiger partial charge in [0.15, 0.2) is 0 Å². The summed E-state index contributed by atoms with van der Waals surface area (Å²) < 4.78 is 10.5. The van der Waals surface area contributed by atoms with E-state index in [1.807, 2.05) is 11.4 Å². The molecule has 4 heteroatoms. The number of thiophene rings is 1. The summed E-state index contributed by atoms with van der Waals surface area (Å²) in [6, 6.07) is 2.00. The summed E-state index contributed by atoms with van der Waals surface area (Å²) in [5.74, 6) is 5.89. The largest absolute Gasteiger partial charge is 0.385 e. The fourth-order valence-corrected chi connectivity index (χ4v) is 1.95. The highest BCUT2D eigenvalue weighted by Crippen LogP contribution is 2.16. The first-order chi connectivity index (χ1) is 7.88. The molecular formula is C12H17NO2S. The van der Waals surface area contributed by atoms with Crippen molar-refractivity contribution >= 4 is 11.3 Å². The Morgan fingerprint density at radius 1 is 1.44 bits per heavy atom. The monoisotopic (exact) mass is 239 g/mol. The fraction of sp³-hybridized carbons (Fsp3) is 0.500. The van der Waals surface area contributed by atoms with Gasteiger partial charge in [-0.1, -0.05) is 11.8 Å². The van der Waals surface area contributed by atoms with Gasteiger partial charge >= 0.3 is 0 Å². The molecule has 0 spiro atoms. The summed E-state index contributed by atoms with van der Waals surface area (Å²) in [5.41, 5.74) is 6.36. The Morgan fingerprint density at radius 2 is 2.31 bits per heavy atom. The Labute approximate surface area is 101 Å². The number of ether oxygens (including phenoxy) is 2. The number of hydrogen-bond acceptors (Lipinski definition) is 4. The highest BCUT2D eigenvalue weighted by molar-refractivity contribution is 7.10. The fourth-order valence-electron chi connectivity index (χ4n) is 1.18. The second-order valence-corrected chi connectivity index (χ2v) is 4.16. The van der Waals surface area contributed by atoms with E-state index in [-0.39, 0.29) is 0 Å². The van der Waals surface area contributed by atoms with Gasteiger partial charge in [-0.25, -0.2) is 0 Å². The van der Waals surface area contributed by atoms with Crippen LogP contribution in [0.15, 0.2) is 11.4 Å². The molecule has 0 unspecified atom stereocenters. The summed E-state index contributed by atoms with van der Waals surface area (Å²) in [5, 5.41) is 2.02. The second-order valence-electron chi connectivity index (χ2n) is 3.16. The van der Waals surface area contributed by atoms with Crippen molar-refractivity contribution in [1.82, 2.24) is 0 Å². The Hall–Kier alpha value is -0.860. The highest BCUT2D eigenvalue weighted by atomic mass is 32.1. The number of nitrogens with two attached hydrogens (primary N) is 1. The molecule has 0 aliphatic heterocycles. The zero-order valence-corrected chi connectivity index (χ0v) is 10.3. The lowest BCUT2D eigenvalue weighted by Crippen LogP contribution is -1.99. The molecule has 0 aliphatic rings. The first-order valence-electron chi connectivity index (χ1n) is 5.20. The standard InChI is InChI=1S/C12H17NO2S/c1-14-7-3-8-15-10-12-11(4-2-6-13)5-9-16-12/h5,9H,3,6-8,10,13H2,1H3. The van der Waals surface area contributed by atoms with Gasteiger partial charge in [-0.2, -0.15) is 0 Å². The zero-order valence-electron chi connectivity index (χ0n) is 9.49. The molecule has 1 rings (SSSR count). The Bertz CT molecular complexity index is 351. The maximum absolute atomic E-state index is 5.53. The highest BCUT2D eigenvalue weighted by Gasteiger charge is 2.01. The van der Waals surface area contributed by atoms with Gasteiger partial charge in [0.1, 0.15) is 0 Å². The van der Waals surface area contributed by atoms with E-state index in [0.29, 0.717) is 13.2 Å². The van der Waals surface area contributed by atoms with Gasteiger partial charge in [-0.3, -0.25) is 0 Å². The minimum atomic E-state index is 0.393. The average molecular weight is 239 g/mol. The van der Waals surface area contributed by atoms with Gasteiger partial charge in [0.25, 0.3) is 0 Å². The lowest BCUT2D eigenvalue weighted by molar-refractivity contribution is 0.0942. The van der Waals surface area contributed by atoms with Crippen LogP contribution in [0.4, 0.5) is 0 Å². The average Bonchev–Trinajstić information content (AvgIpc) is 2.74. The van der Waals surface area contributed by atoms with Gasteiger partial charge in [0.2, 0.25) is 0 Å². The van der Waals surface area contributed by atoms with Crippen LogP contribution in [0.2, 0.25) is 0 Å². The second kappa shape index (κ2) is 8.31. The molecule has 3 nitrogen and oxygen atoms in total. The van der Waals surface area contributed by atoms with Crippen LogP contribution in [0.1, 0.15) is 16.9 Å². The topological polar surface area (TPSA) is 44.5 Å². The molecule has 0 amide bonds. The van der Waals surface area contributed by atoms with Crippen LogP contribution < -0.4 is 5.73 Å². The number of rotatable bonds is 6. The van der Waals surface area contributed by atoms with Crippen LogP contribution in [0, 0.1) is 11.8 Å². The van der Waals surface area contributed by atoms with Gasteiger partial charge in [0.05, 0.1) is 13.2 Å². The minimum absolute atomic E-state index is 0.393. The van der Waals surface area contributed by atoms with E-state index in [0.717, 1.165) is 25.2 Å². The molecule has 0 saturated heterocycles. The molecule has 0 bridgehead atoms. The zero-order chi connectivity index (χ0) is 11.6. The van der Waals surface area contributed by atoms with Gasteiger partial charge in [-0.05, 0) is 17.9 Å². The van der Waals surface area contributed by atoms with Crippen LogP contribution in [-0.2, 0) is 16.1 Å². The van der Waals surface area contributed by atoms with Crippen LogP contribution in [0.5, 0.6) is 0 Å². The van der Waals surface area contributed by atoms with Crippen molar-refractivity contribution in [3.63, 3.8) is 0 Å². The van der Waals surface area contributed by atoms with E-state index in [2.05, 4.69) is 11.8 Å². The third-order valence-corrected chi connectivity index (χ3v) is 2.84. The molecule has 88 valence electrons. The van der Waals surface area contributed by atoms with Crippen molar-refractivity contribution < 1.29 is 9.47 Å². The van der Waals surface area contributed by atoms with Crippen molar-refractivity contribution in [2.24, 2.45) is 5.73 Å². The molecule has 1 aromatic rings. The van der Waals surface area contributed by atoms with E-state index < -0.39 is 0 Å². The van der Waals surface area contributed by atoms with Gasteiger partial charge in [-0.15, -0.1) is 11.3 Å². The third kappa shape index (κ3) is 4.77. The third-order valence-electron chi connectivity index (χ3n) is 1.94. The molecule has 0 aliphatic carbocycles.